The Kier molecular flexibility index (Phi) is 5.11. The number of carbonyl (C=O) groups is 1. The third-order valence-electron chi connectivity index (χ3n) is 4.90. The van der Waals surface area contributed by atoms with Gasteiger partial charge in [-0.1, -0.05) is 36.4 Å². The molecule has 1 atom stereocenters. The van der Waals surface area contributed by atoms with Crippen molar-refractivity contribution in [1.29, 1.82) is 0 Å². The maximum Gasteiger partial charge on any atom is 0.237 e. The number of anilines is 1. The fourth-order valence-electron chi connectivity index (χ4n) is 3.97. The maximum atomic E-state index is 13.2. The summed E-state index contributed by atoms with van der Waals surface area (Å²) in [5.74, 6) is 0.896. The van der Waals surface area contributed by atoms with Crippen molar-refractivity contribution in [3.63, 3.8) is 0 Å². The average Bonchev–Trinajstić information content (AvgIpc) is 2.52. The van der Waals surface area contributed by atoms with Crippen molar-refractivity contribution in [2.45, 2.75) is 64.6 Å². The van der Waals surface area contributed by atoms with Crippen molar-refractivity contribution in [3.8, 4) is 0 Å². The van der Waals surface area contributed by atoms with E-state index in [4.69, 9.17) is 0 Å². The molecule has 0 spiro atoms. The summed E-state index contributed by atoms with van der Waals surface area (Å²) in [5, 5.41) is 0.670. The molecule has 0 unspecified atom stereocenters. The van der Waals surface area contributed by atoms with Crippen LogP contribution in [0.25, 0.3) is 0 Å². The van der Waals surface area contributed by atoms with Gasteiger partial charge in [-0.15, -0.1) is 0 Å². The quantitative estimate of drug-likeness (QED) is 0.575. The summed E-state index contributed by atoms with van der Waals surface area (Å²) >= 11 is 1.42. The van der Waals surface area contributed by atoms with Gasteiger partial charge in [0.25, 0.3) is 0 Å². The molecule has 0 saturated heterocycles. The van der Waals surface area contributed by atoms with Crippen LogP contribution in [0.15, 0.2) is 29.4 Å². The van der Waals surface area contributed by atoms with Gasteiger partial charge in [-0.25, -0.2) is 9.97 Å². The van der Waals surface area contributed by atoms with Gasteiger partial charge in [-0.05, 0) is 64.7 Å². The summed E-state index contributed by atoms with van der Waals surface area (Å²) in [5.41, 5.74) is 5.21. The highest BCUT2D eigenvalue weighted by atomic mass is 32.2. The van der Waals surface area contributed by atoms with E-state index in [1.54, 1.807) is 0 Å². The number of hydrogen-bond donors (Lipinski definition) is 0. The topological polar surface area (TPSA) is 46.1 Å². The SMILES string of the molecule is Cc1ccc2c(c1)[C@@H](C)CC(C)(C)N2C(=O)CSc1nc(C)cc(C)n1. The molecule has 3 rings (SSSR count). The highest BCUT2D eigenvalue weighted by Gasteiger charge is 2.39. The Bertz CT molecular complexity index is 827. The lowest BCUT2D eigenvalue weighted by Gasteiger charge is -2.46. The monoisotopic (exact) mass is 369 g/mol. The standard InChI is InChI=1S/C21H27N3OS/c1-13-7-8-18-17(9-13)14(2)11-21(5,6)24(18)19(25)12-26-20-22-15(3)10-16(4)23-20/h7-10,14H,11-12H2,1-6H3/t14-/m0/s1. The van der Waals surface area contributed by atoms with Gasteiger partial charge in [0.05, 0.1) is 5.75 Å². The van der Waals surface area contributed by atoms with Crippen LogP contribution in [0.4, 0.5) is 5.69 Å². The molecule has 1 aliphatic heterocycles. The van der Waals surface area contributed by atoms with E-state index < -0.39 is 0 Å². The van der Waals surface area contributed by atoms with Crippen LogP contribution in [0.2, 0.25) is 0 Å². The second kappa shape index (κ2) is 7.03. The smallest absolute Gasteiger partial charge is 0.237 e. The Hall–Kier alpha value is -1.88. The molecule has 0 saturated carbocycles. The van der Waals surface area contributed by atoms with E-state index in [2.05, 4.69) is 55.9 Å². The second-order valence-electron chi connectivity index (χ2n) is 7.93. The molecule has 0 radical (unpaired) electrons. The van der Waals surface area contributed by atoms with Gasteiger partial charge in [0.2, 0.25) is 5.91 Å². The van der Waals surface area contributed by atoms with Crippen LogP contribution < -0.4 is 4.90 Å². The normalized spacial score (nSPS) is 18.5. The van der Waals surface area contributed by atoms with Gasteiger partial charge in [0, 0.05) is 22.6 Å². The van der Waals surface area contributed by atoms with Crippen molar-refractivity contribution >= 4 is 23.4 Å². The molecule has 138 valence electrons. The zero-order valence-electron chi connectivity index (χ0n) is 16.5. The fraction of sp³-hybridized carbons (Fsp3) is 0.476. The van der Waals surface area contributed by atoms with Gasteiger partial charge in [0.15, 0.2) is 5.16 Å². The lowest BCUT2D eigenvalue weighted by atomic mass is 9.79. The second-order valence-corrected chi connectivity index (χ2v) is 8.87. The number of aryl methyl sites for hydroxylation is 3. The average molecular weight is 370 g/mol. The summed E-state index contributed by atoms with van der Waals surface area (Å²) < 4.78 is 0. The Labute approximate surface area is 160 Å². The Morgan fingerprint density at radius 1 is 1.19 bits per heavy atom. The molecule has 0 aliphatic carbocycles. The highest BCUT2D eigenvalue weighted by molar-refractivity contribution is 7.99. The first-order valence-electron chi connectivity index (χ1n) is 9.06. The first-order valence-corrected chi connectivity index (χ1v) is 10.0. The maximum absolute atomic E-state index is 13.2. The molecule has 2 heterocycles. The number of nitrogens with zero attached hydrogens (tertiary/aromatic N) is 3. The molecular formula is C21H27N3OS. The minimum atomic E-state index is -0.206. The summed E-state index contributed by atoms with van der Waals surface area (Å²) in [4.78, 5) is 24.0. The number of aromatic nitrogens is 2. The van der Waals surface area contributed by atoms with Crippen molar-refractivity contribution in [3.05, 3.63) is 46.8 Å². The number of fused-ring (bicyclic) bond motifs is 1. The van der Waals surface area contributed by atoms with Gasteiger partial charge in [0.1, 0.15) is 0 Å². The Morgan fingerprint density at radius 3 is 2.50 bits per heavy atom. The van der Waals surface area contributed by atoms with Crippen molar-refractivity contribution in [1.82, 2.24) is 9.97 Å². The van der Waals surface area contributed by atoms with Crippen molar-refractivity contribution < 1.29 is 4.79 Å². The van der Waals surface area contributed by atoms with Gasteiger partial charge < -0.3 is 4.90 Å². The van der Waals surface area contributed by atoms with E-state index in [0.717, 1.165) is 23.5 Å². The first-order chi connectivity index (χ1) is 12.2. The molecule has 26 heavy (non-hydrogen) atoms. The van der Waals surface area contributed by atoms with E-state index >= 15 is 0 Å². The number of rotatable bonds is 3. The van der Waals surface area contributed by atoms with Crippen LogP contribution in [-0.4, -0.2) is 27.2 Å². The predicted octanol–water partition coefficient (Wildman–Crippen LogP) is 4.81. The largest absolute Gasteiger partial charge is 0.306 e. The molecule has 4 nitrogen and oxygen atoms in total. The first kappa shape index (κ1) is 18.9. The highest BCUT2D eigenvalue weighted by Crippen LogP contribution is 2.43. The minimum absolute atomic E-state index is 0.111. The lowest BCUT2D eigenvalue weighted by Crippen LogP contribution is -2.52. The summed E-state index contributed by atoms with van der Waals surface area (Å²) in [6.07, 6.45) is 0.958. The van der Waals surface area contributed by atoms with Crippen molar-refractivity contribution in [2.75, 3.05) is 10.7 Å². The minimum Gasteiger partial charge on any atom is -0.306 e. The molecule has 1 aromatic carbocycles. The molecular weight excluding hydrogens is 342 g/mol. The lowest BCUT2D eigenvalue weighted by molar-refractivity contribution is -0.117. The molecule has 1 amide bonds. The molecule has 2 aromatic rings. The van der Waals surface area contributed by atoms with Crippen LogP contribution in [0.1, 0.15) is 55.6 Å². The van der Waals surface area contributed by atoms with Crippen LogP contribution in [0, 0.1) is 20.8 Å². The van der Waals surface area contributed by atoms with E-state index in [1.165, 1.54) is 22.9 Å². The third-order valence-corrected chi connectivity index (χ3v) is 5.73. The molecule has 0 N–H and O–H groups in total. The van der Waals surface area contributed by atoms with E-state index in [-0.39, 0.29) is 11.4 Å². The zero-order valence-corrected chi connectivity index (χ0v) is 17.3. The third kappa shape index (κ3) is 3.78. The number of benzene rings is 1. The number of carbonyl (C=O) groups excluding carboxylic acids is 1. The van der Waals surface area contributed by atoms with E-state index in [1.807, 2.05) is 24.8 Å². The summed E-state index contributed by atoms with van der Waals surface area (Å²) in [7, 11) is 0. The Balaban J connectivity index is 1.86. The molecule has 0 bridgehead atoms. The number of thioether (sulfide) groups is 1. The molecule has 1 aromatic heterocycles. The summed E-state index contributed by atoms with van der Waals surface area (Å²) in [6.45, 7) is 12.6. The van der Waals surface area contributed by atoms with Gasteiger partial charge in [-0.3, -0.25) is 4.79 Å². The van der Waals surface area contributed by atoms with Crippen LogP contribution in [-0.2, 0) is 4.79 Å². The number of amides is 1. The zero-order chi connectivity index (χ0) is 19.1. The number of hydrogen-bond acceptors (Lipinski definition) is 4. The Morgan fingerprint density at radius 2 is 1.85 bits per heavy atom. The molecule has 5 heteroatoms. The molecule has 1 aliphatic rings. The van der Waals surface area contributed by atoms with Crippen LogP contribution >= 0.6 is 11.8 Å². The summed E-state index contributed by atoms with van der Waals surface area (Å²) in [6, 6.07) is 8.35. The van der Waals surface area contributed by atoms with Gasteiger partial charge >= 0.3 is 0 Å². The molecule has 0 fully saturated rings. The van der Waals surface area contributed by atoms with E-state index in [9.17, 15) is 4.79 Å². The predicted molar refractivity (Wildman–Crippen MR) is 108 cm³/mol. The van der Waals surface area contributed by atoms with Crippen LogP contribution in [0.3, 0.4) is 0 Å². The van der Waals surface area contributed by atoms with Crippen molar-refractivity contribution in [2.24, 2.45) is 0 Å². The van der Waals surface area contributed by atoms with E-state index in [0.29, 0.717) is 16.8 Å². The van der Waals surface area contributed by atoms with Gasteiger partial charge in [-0.2, -0.15) is 0 Å². The van der Waals surface area contributed by atoms with Crippen LogP contribution in [0.5, 0.6) is 0 Å². The fourth-order valence-corrected chi connectivity index (χ4v) is 4.77.